The lowest BCUT2D eigenvalue weighted by atomic mass is 9.88. The second-order valence-corrected chi connectivity index (χ2v) is 9.05. The average Bonchev–Trinajstić information content (AvgIpc) is 2.81. The third kappa shape index (κ3) is 6.40. The van der Waals surface area contributed by atoms with Crippen molar-refractivity contribution in [2.24, 2.45) is 11.8 Å². The maximum absolute atomic E-state index is 13.5. The van der Waals surface area contributed by atoms with Crippen molar-refractivity contribution in [3.63, 3.8) is 0 Å². The molecule has 0 aromatic heterocycles. The number of carbonyl (C=O) groups is 3. The van der Waals surface area contributed by atoms with Gasteiger partial charge >= 0.3 is 0 Å². The SMILES string of the molecule is Cc1ccccc1C(=O)N[C@H](C(=O)NCC(C)C)C1CCN(C(=O)c2cccc(F)c2)CC1. The van der Waals surface area contributed by atoms with E-state index in [1.165, 1.54) is 18.2 Å². The number of nitrogens with one attached hydrogen (secondary N) is 2. The van der Waals surface area contributed by atoms with Gasteiger partial charge in [-0.15, -0.1) is 0 Å². The Morgan fingerprint density at radius 3 is 2.39 bits per heavy atom. The van der Waals surface area contributed by atoms with Gasteiger partial charge in [-0.1, -0.05) is 38.1 Å². The Morgan fingerprint density at radius 2 is 1.76 bits per heavy atom. The molecule has 0 spiro atoms. The minimum atomic E-state index is -0.692. The van der Waals surface area contributed by atoms with Gasteiger partial charge in [0.05, 0.1) is 0 Å². The summed E-state index contributed by atoms with van der Waals surface area (Å²) in [5.74, 6) is -0.986. The summed E-state index contributed by atoms with van der Waals surface area (Å²) in [6.07, 6.45) is 1.13. The molecule has 1 heterocycles. The van der Waals surface area contributed by atoms with Crippen molar-refractivity contribution in [3.05, 3.63) is 71.0 Å². The fraction of sp³-hybridized carbons (Fsp3) is 0.423. The molecular formula is C26H32FN3O3. The van der Waals surface area contributed by atoms with Gasteiger partial charge in [0, 0.05) is 30.8 Å². The third-order valence-corrected chi connectivity index (χ3v) is 6.01. The van der Waals surface area contributed by atoms with E-state index in [-0.39, 0.29) is 29.6 Å². The molecule has 1 aliphatic rings. The van der Waals surface area contributed by atoms with Crippen LogP contribution in [0.25, 0.3) is 0 Å². The van der Waals surface area contributed by atoms with Crippen molar-refractivity contribution in [2.75, 3.05) is 19.6 Å². The van der Waals surface area contributed by atoms with Gasteiger partial charge in [-0.25, -0.2) is 4.39 Å². The van der Waals surface area contributed by atoms with Crippen molar-refractivity contribution in [2.45, 2.75) is 39.7 Å². The highest BCUT2D eigenvalue weighted by atomic mass is 19.1. The second-order valence-electron chi connectivity index (χ2n) is 9.05. The molecule has 1 atom stereocenters. The first-order valence-corrected chi connectivity index (χ1v) is 11.4. The summed E-state index contributed by atoms with van der Waals surface area (Å²) in [5, 5.41) is 5.89. The first-order valence-electron chi connectivity index (χ1n) is 11.4. The molecule has 33 heavy (non-hydrogen) atoms. The van der Waals surface area contributed by atoms with Gasteiger partial charge in [0.2, 0.25) is 5.91 Å². The van der Waals surface area contributed by atoms with Crippen molar-refractivity contribution in [3.8, 4) is 0 Å². The molecule has 0 aliphatic carbocycles. The maximum Gasteiger partial charge on any atom is 0.253 e. The summed E-state index contributed by atoms with van der Waals surface area (Å²) >= 11 is 0. The Labute approximate surface area is 194 Å². The van der Waals surface area contributed by atoms with Gasteiger partial charge in [0.15, 0.2) is 0 Å². The van der Waals surface area contributed by atoms with Crippen LogP contribution in [0, 0.1) is 24.6 Å². The van der Waals surface area contributed by atoms with Crippen LogP contribution in [0.5, 0.6) is 0 Å². The zero-order valence-electron chi connectivity index (χ0n) is 19.4. The van der Waals surface area contributed by atoms with E-state index in [1.54, 1.807) is 23.1 Å². The van der Waals surface area contributed by atoms with Crippen molar-refractivity contribution in [1.29, 1.82) is 0 Å². The number of likely N-dealkylation sites (tertiary alicyclic amines) is 1. The molecule has 3 rings (SSSR count). The van der Waals surface area contributed by atoms with Crippen LogP contribution in [0.3, 0.4) is 0 Å². The summed E-state index contributed by atoms with van der Waals surface area (Å²) in [6.45, 7) is 7.28. The smallest absolute Gasteiger partial charge is 0.253 e. The van der Waals surface area contributed by atoms with Crippen LogP contribution in [0.15, 0.2) is 48.5 Å². The highest BCUT2D eigenvalue weighted by Crippen LogP contribution is 2.23. The lowest BCUT2D eigenvalue weighted by Crippen LogP contribution is -2.54. The molecule has 1 fully saturated rings. The van der Waals surface area contributed by atoms with Gasteiger partial charge in [-0.3, -0.25) is 14.4 Å². The summed E-state index contributed by atoms with van der Waals surface area (Å²) in [4.78, 5) is 40.4. The normalized spacial score (nSPS) is 15.2. The van der Waals surface area contributed by atoms with E-state index in [0.29, 0.717) is 43.6 Å². The maximum atomic E-state index is 13.5. The lowest BCUT2D eigenvalue weighted by molar-refractivity contribution is -0.124. The Balaban J connectivity index is 1.70. The molecule has 3 amide bonds. The standard InChI is InChI=1S/C26H32FN3O3/c1-17(2)16-28-25(32)23(29-24(31)22-10-5-4-7-18(22)3)19-11-13-30(14-12-19)26(33)20-8-6-9-21(27)15-20/h4-10,15,17,19,23H,11-14,16H2,1-3H3,(H,28,32)(H,29,31)/t23-/m0/s1. The van der Waals surface area contributed by atoms with Crippen LogP contribution < -0.4 is 10.6 Å². The fourth-order valence-electron chi connectivity index (χ4n) is 4.10. The summed E-state index contributed by atoms with van der Waals surface area (Å²) in [6, 6.07) is 12.2. The van der Waals surface area contributed by atoms with Crippen LogP contribution in [-0.2, 0) is 4.79 Å². The minimum Gasteiger partial charge on any atom is -0.354 e. The highest BCUT2D eigenvalue weighted by molar-refractivity contribution is 5.98. The molecule has 2 aromatic rings. The second kappa shape index (κ2) is 11.1. The Kier molecular flexibility index (Phi) is 8.20. The Hall–Kier alpha value is -3.22. The number of hydrogen-bond acceptors (Lipinski definition) is 3. The van der Waals surface area contributed by atoms with E-state index in [0.717, 1.165) is 5.56 Å². The zero-order valence-corrected chi connectivity index (χ0v) is 19.4. The monoisotopic (exact) mass is 453 g/mol. The lowest BCUT2D eigenvalue weighted by Gasteiger charge is -2.36. The van der Waals surface area contributed by atoms with Gasteiger partial charge < -0.3 is 15.5 Å². The molecular weight excluding hydrogens is 421 g/mol. The molecule has 2 aromatic carbocycles. The van der Waals surface area contributed by atoms with E-state index < -0.39 is 11.9 Å². The third-order valence-electron chi connectivity index (χ3n) is 6.01. The summed E-state index contributed by atoms with van der Waals surface area (Å²) in [7, 11) is 0. The largest absolute Gasteiger partial charge is 0.354 e. The molecule has 7 heteroatoms. The summed E-state index contributed by atoms with van der Waals surface area (Å²) < 4.78 is 13.5. The van der Waals surface area contributed by atoms with Crippen LogP contribution >= 0.6 is 0 Å². The number of nitrogens with zero attached hydrogens (tertiary/aromatic N) is 1. The minimum absolute atomic E-state index is 0.110. The van der Waals surface area contributed by atoms with Gasteiger partial charge in [0.1, 0.15) is 11.9 Å². The molecule has 176 valence electrons. The molecule has 1 aliphatic heterocycles. The molecule has 0 radical (unpaired) electrons. The van der Waals surface area contributed by atoms with Crippen molar-refractivity contribution < 1.29 is 18.8 Å². The molecule has 0 unspecified atom stereocenters. The number of rotatable bonds is 7. The van der Waals surface area contributed by atoms with Crippen LogP contribution in [0.2, 0.25) is 0 Å². The number of amides is 3. The highest BCUT2D eigenvalue weighted by Gasteiger charge is 2.34. The quantitative estimate of drug-likeness (QED) is 0.673. The van der Waals surface area contributed by atoms with E-state index in [9.17, 15) is 18.8 Å². The molecule has 0 bridgehead atoms. The molecule has 0 saturated carbocycles. The number of halogens is 1. The number of benzene rings is 2. The first kappa shape index (κ1) is 24.4. The van der Waals surface area contributed by atoms with E-state index >= 15 is 0 Å². The van der Waals surface area contributed by atoms with E-state index in [1.807, 2.05) is 32.9 Å². The zero-order chi connectivity index (χ0) is 24.0. The molecule has 2 N–H and O–H groups in total. The van der Waals surface area contributed by atoms with E-state index in [2.05, 4.69) is 10.6 Å². The van der Waals surface area contributed by atoms with Gasteiger partial charge in [0.25, 0.3) is 11.8 Å². The van der Waals surface area contributed by atoms with E-state index in [4.69, 9.17) is 0 Å². The number of piperidine rings is 1. The van der Waals surface area contributed by atoms with Crippen LogP contribution in [-0.4, -0.2) is 48.3 Å². The Morgan fingerprint density at radius 1 is 1.06 bits per heavy atom. The average molecular weight is 454 g/mol. The van der Waals surface area contributed by atoms with Gasteiger partial charge in [-0.2, -0.15) is 0 Å². The van der Waals surface area contributed by atoms with Crippen molar-refractivity contribution in [1.82, 2.24) is 15.5 Å². The fourth-order valence-corrected chi connectivity index (χ4v) is 4.10. The predicted molar refractivity (Wildman–Crippen MR) is 125 cm³/mol. The summed E-state index contributed by atoms with van der Waals surface area (Å²) in [5.41, 5.74) is 1.69. The molecule has 6 nitrogen and oxygen atoms in total. The van der Waals surface area contributed by atoms with Gasteiger partial charge in [-0.05, 0) is 61.4 Å². The Bertz CT molecular complexity index is 1000. The van der Waals surface area contributed by atoms with Crippen LogP contribution in [0.1, 0.15) is 53.0 Å². The molecule has 1 saturated heterocycles. The number of aryl methyl sites for hydroxylation is 1. The predicted octanol–water partition coefficient (Wildman–Crippen LogP) is 3.56. The number of hydrogen-bond donors (Lipinski definition) is 2. The van der Waals surface area contributed by atoms with Crippen LogP contribution in [0.4, 0.5) is 4.39 Å². The first-order chi connectivity index (χ1) is 15.8. The van der Waals surface area contributed by atoms with Crippen molar-refractivity contribution >= 4 is 17.7 Å². The topological polar surface area (TPSA) is 78.5 Å². The number of carbonyl (C=O) groups excluding carboxylic acids is 3.